The maximum atomic E-state index is 11.9. The van der Waals surface area contributed by atoms with Crippen LogP contribution in [0.1, 0.15) is 55.2 Å². The molecule has 0 aliphatic carbocycles. The average molecular weight is 398 g/mol. The van der Waals surface area contributed by atoms with Crippen molar-refractivity contribution in [3.63, 3.8) is 0 Å². The van der Waals surface area contributed by atoms with Crippen molar-refractivity contribution in [2.75, 3.05) is 12.8 Å². The first-order chi connectivity index (χ1) is 14.0. The van der Waals surface area contributed by atoms with E-state index in [1.165, 1.54) is 7.11 Å². The van der Waals surface area contributed by atoms with Crippen LogP contribution in [-0.2, 0) is 22.5 Å². The van der Waals surface area contributed by atoms with Gasteiger partial charge in [-0.25, -0.2) is 14.8 Å². The number of anilines is 1. The molecule has 8 nitrogen and oxygen atoms in total. The molecule has 2 aromatic heterocycles. The molecule has 0 aliphatic rings. The number of fused-ring (bicyclic) bond motifs is 3. The van der Waals surface area contributed by atoms with E-state index in [-0.39, 0.29) is 6.42 Å². The molecule has 154 valence electrons. The minimum Gasteiger partial charge on any atom is -0.481 e. The first-order valence-electron chi connectivity index (χ1n) is 9.84. The summed E-state index contributed by atoms with van der Waals surface area (Å²) in [5.41, 5.74) is 8.74. The standard InChI is InChI=1S/C21H26N4O4/c1-3-4-7-16-24-18-19(25(16)11-6-5-8-17(26)27)14-10-9-13(21(28)29-2)12-15(14)23-20(18)22/h9-10,12H,3-8,11H2,1-2H3,(H2,22,23)(H,26,27). The number of nitrogen functional groups attached to an aromatic ring is 1. The molecule has 0 aliphatic heterocycles. The Bertz CT molecular complexity index is 1060. The lowest BCUT2D eigenvalue weighted by atomic mass is 10.1. The quantitative estimate of drug-likeness (QED) is 0.418. The smallest absolute Gasteiger partial charge is 0.337 e. The zero-order valence-electron chi connectivity index (χ0n) is 16.8. The molecule has 3 aromatic rings. The molecule has 0 fully saturated rings. The molecule has 2 heterocycles. The number of carbonyl (C=O) groups excluding carboxylic acids is 1. The molecule has 0 saturated heterocycles. The van der Waals surface area contributed by atoms with Crippen LogP contribution in [0.5, 0.6) is 0 Å². The Morgan fingerprint density at radius 1 is 1.21 bits per heavy atom. The fourth-order valence-corrected chi connectivity index (χ4v) is 3.52. The third-order valence-electron chi connectivity index (χ3n) is 4.98. The molecular formula is C21H26N4O4. The van der Waals surface area contributed by atoms with Gasteiger partial charge in [0.2, 0.25) is 0 Å². The highest BCUT2D eigenvalue weighted by Gasteiger charge is 2.18. The van der Waals surface area contributed by atoms with E-state index in [4.69, 9.17) is 20.6 Å². The van der Waals surface area contributed by atoms with Gasteiger partial charge in [-0.15, -0.1) is 0 Å². The molecule has 0 spiro atoms. The number of nitrogens with zero attached hydrogens (tertiary/aromatic N) is 3. The number of nitrogens with two attached hydrogens (primary N) is 1. The van der Waals surface area contributed by atoms with Crippen LogP contribution in [0.2, 0.25) is 0 Å². The number of aryl methyl sites for hydroxylation is 2. The second-order valence-corrected chi connectivity index (χ2v) is 7.05. The Kier molecular flexibility index (Phi) is 6.31. The van der Waals surface area contributed by atoms with Gasteiger partial charge in [0, 0.05) is 24.8 Å². The van der Waals surface area contributed by atoms with Crippen LogP contribution in [0.3, 0.4) is 0 Å². The van der Waals surface area contributed by atoms with E-state index in [0.717, 1.165) is 42.4 Å². The largest absolute Gasteiger partial charge is 0.481 e. The second-order valence-electron chi connectivity index (χ2n) is 7.05. The number of esters is 1. The minimum atomic E-state index is -0.791. The molecule has 1 aromatic carbocycles. The number of hydrogen-bond donors (Lipinski definition) is 2. The lowest BCUT2D eigenvalue weighted by Gasteiger charge is -2.11. The lowest BCUT2D eigenvalue weighted by molar-refractivity contribution is -0.137. The summed E-state index contributed by atoms with van der Waals surface area (Å²) < 4.78 is 6.93. The van der Waals surface area contributed by atoms with Gasteiger partial charge in [-0.2, -0.15) is 0 Å². The van der Waals surface area contributed by atoms with Crippen molar-refractivity contribution in [2.45, 2.75) is 52.0 Å². The molecule has 0 atom stereocenters. The number of hydrogen-bond acceptors (Lipinski definition) is 6. The monoisotopic (exact) mass is 398 g/mol. The van der Waals surface area contributed by atoms with Crippen molar-refractivity contribution in [1.29, 1.82) is 0 Å². The Labute approximate surface area is 168 Å². The number of benzene rings is 1. The summed E-state index contributed by atoms with van der Waals surface area (Å²) in [5.74, 6) is 0.0193. The molecule has 0 radical (unpaired) electrons. The van der Waals surface area contributed by atoms with Crippen molar-refractivity contribution >= 4 is 39.7 Å². The van der Waals surface area contributed by atoms with Crippen LogP contribution in [-0.4, -0.2) is 38.7 Å². The number of ether oxygens (including phenoxy) is 1. The number of methoxy groups -OCH3 is 1. The van der Waals surface area contributed by atoms with Crippen molar-refractivity contribution < 1.29 is 19.4 Å². The molecule has 29 heavy (non-hydrogen) atoms. The Balaban J connectivity index is 2.12. The summed E-state index contributed by atoms with van der Waals surface area (Å²) in [6, 6.07) is 5.22. The van der Waals surface area contributed by atoms with Crippen LogP contribution in [0, 0.1) is 0 Å². The van der Waals surface area contributed by atoms with Gasteiger partial charge in [0.1, 0.15) is 11.3 Å². The highest BCUT2D eigenvalue weighted by atomic mass is 16.5. The molecule has 3 rings (SSSR count). The zero-order chi connectivity index (χ0) is 21.0. The fraction of sp³-hybridized carbons (Fsp3) is 0.429. The van der Waals surface area contributed by atoms with Gasteiger partial charge in [-0.3, -0.25) is 4.79 Å². The summed E-state index contributed by atoms with van der Waals surface area (Å²) in [4.78, 5) is 31.9. The van der Waals surface area contributed by atoms with E-state index in [1.54, 1.807) is 12.1 Å². The van der Waals surface area contributed by atoms with Crippen LogP contribution in [0.4, 0.5) is 5.82 Å². The van der Waals surface area contributed by atoms with E-state index >= 15 is 0 Å². The van der Waals surface area contributed by atoms with E-state index in [0.29, 0.717) is 35.4 Å². The summed E-state index contributed by atoms with van der Waals surface area (Å²) in [6.45, 7) is 2.78. The van der Waals surface area contributed by atoms with Gasteiger partial charge in [0.05, 0.1) is 23.7 Å². The van der Waals surface area contributed by atoms with Crippen molar-refractivity contribution in [3.8, 4) is 0 Å². The van der Waals surface area contributed by atoms with E-state index in [1.807, 2.05) is 6.07 Å². The fourth-order valence-electron chi connectivity index (χ4n) is 3.52. The Morgan fingerprint density at radius 3 is 2.69 bits per heavy atom. The maximum Gasteiger partial charge on any atom is 0.337 e. The topological polar surface area (TPSA) is 120 Å². The molecule has 3 N–H and O–H groups in total. The second kappa shape index (κ2) is 8.89. The number of rotatable bonds is 9. The zero-order valence-corrected chi connectivity index (χ0v) is 16.8. The third kappa shape index (κ3) is 4.31. The molecule has 0 amide bonds. The van der Waals surface area contributed by atoms with Gasteiger partial charge in [0.25, 0.3) is 0 Å². The highest BCUT2D eigenvalue weighted by Crippen LogP contribution is 2.30. The summed E-state index contributed by atoms with van der Waals surface area (Å²) >= 11 is 0. The minimum absolute atomic E-state index is 0.143. The predicted molar refractivity (Wildman–Crippen MR) is 111 cm³/mol. The van der Waals surface area contributed by atoms with Gasteiger partial charge >= 0.3 is 11.9 Å². The summed E-state index contributed by atoms with van der Waals surface area (Å²) in [6.07, 6.45) is 4.30. The number of unbranched alkanes of at least 4 members (excludes halogenated alkanes) is 2. The van der Waals surface area contributed by atoms with E-state index < -0.39 is 11.9 Å². The van der Waals surface area contributed by atoms with Crippen molar-refractivity contribution in [3.05, 3.63) is 29.6 Å². The average Bonchev–Trinajstić information content (AvgIpc) is 3.07. The Morgan fingerprint density at radius 2 is 2.00 bits per heavy atom. The van der Waals surface area contributed by atoms with E-state index in [9.17, 15) is 9.59 Å². The first-order valence-corrected chi connectivity index (χ1v) is 9.84. The Hall–Kier alpha value is -3.16. The predicted octanol–water partition coefficient (Wildman–Crippen LogP) is 3.55. The number of carboxylic acids is 1. The number of carbonyl (C=O) groups is 2. The number of imidazole rings is 1. The summed E-state index contributed by atoms with van der Waals surface area (Å²) in [5, 5.41) is 9.76. The first kappa shape index (κ1) is 20.6. The van der Waals surface area contributed by atoms with Gasteiger partial charge < -0.3 is 20.1 Å². The number of aliphatic carboxylic acids is 1. The maximum absolute atomic E-state index is 11.9. The molecule has 0 saturated carbocycles. The van der Waals surface area contributed by atoms with Crippen molar-refractivity contribution in [2.24, 2.45) is 0 Å². The third-order valence-corrected chi connectivity index (χ3v) is 4.98. The van der Waals surface area contributed by atoms with Crippen LogP contribution >= 0.6 is 0 Å². The van der Waals surface area contributed by atoms with Gasteiger partial charge in [-0.1, -0.05) is 13.3 Å². The molecule has 8 heteroatoms. The molecular weight excluding hydrogens is 372 g/mol. The molecule has 0 unspecified atom stereocenters. The van der Waals surface area contributed by atoms with Crippen LogP contribution < -0.4 is 5.73 Å². The lowest BCUT2D eigenvalue weighted by Crippen LogP contribution is -2.06. The van der Waals surface area contributed by atoms with Crippen LogP contribution in [0.15, 0.2) is 18.2 Å². The van der Waals surface area contributed by atoms with E-state index in [2.05, 4.69) is 16.5 Å². The highest BCUT2D eigenvalue weighted by molar-refractivity contribution is 6.08. The van der Waals surface area contributed by atoms with Gasteiger partial charge in [0.15, 0.2) is 5.82 Å². The number of carboxylic acid groups (broad SMARTS) is 1. The van der Waals surface area contributed by atoms with Gasteiger partial charge in [-0.05, 0) is 37.5 Å². The van der Waals surface area contributed by atoms with Crippen molar-refractivity contribution in [1.82, 2.24) is 14.5 Å². The molecule has 0 bridgehead atoms. The summed E-state index contributed by atoms with van der Waals surface area (Å²) in [7, 11) is 1.34. The van der Waals surface area contributed by atoms with Crippen LogP contribution in [0.25, 0.3) is 21.9 Å². The number of aromatic nitrogens is 3. The number of pyridine rings is 1. The SMILES string of the molecule is CCCCc1nc2c(N)nc3cc(C(=O)OC)ccc3c2n1CCCCC(=O)O. The normalized spacial score (nSPS) is 11.2.